The molecule has 0 rings (SSSR count). The Bertz CT molecular complexity index is 284. The molecular formula is C12H21NO4. The third kappa shape index (κ3) is 8.30. The summed E-state index contributed by atoms with van der Waals surface area (Å²) in [7, 11) is 0. The van der Waals surface area contributed by atoms with E-state index in [1.165, 1.54) is 6.08 Å². The van der Waals surface area contributed by atoms with Crippen LogP contribution in [-0.2, 0) is 9.53 Å². The molecule has 1 amide bonds. The van der Waals surface area contributed by atoms with Gasteiger partial charge in [0.2, 0.25) is 0 Å². The largest absolute Gasteiger partial charge is 0.477 e. The highest BCUT2D eigenvalue weighted by Gasteiger charge is 2.12. The van der Waals surface area contributed by atoms with E-state index in [1.807, 2.05) is 20.8 Å². The van der Waals surface area contributed by atoms with E-state index >= 15 is 0 Å². The van der Waals surface area contributed by atoms with Crippen LogP contribution in [0.25, 0.3) is 0 Å². The molecular weight excluding hydrogens is 222 g/mol. The van der Waals surface area contributed by atoms with Crippen molar-refractivity contribution < 1.29 is 19.4 Å². The standard InChI is InChI=1S/C12H21NO4/c1-4-5-8-17-12(16)13-10(11(14)15)7-6-9(2)3/h7,9H,4-6,8H2,1-3H3,(H,13,16)(H,14,15). The van der Waals surface area contributed by atoms with Crippen LogP contribution < -0.4 is 5.32 Å². The summed E-state index contributed by atoms with van der Waals surface area (Å²) in [5.74, 6) is -0.819. The highest BCUT2D eigenvalue weighted by atomic mass is 16.5. The lowest BCUT2D eigenvalue weighted by molar-refractivity contribution is -0.133. The van der Waals surface area contributed by atoms with Crippen molar-refractivity contribution in [3.63, 3.8) is 0 Å². The van der Waals surface area contributed by atoms with E-state index in [0.29, 0.717) is 18.9 Å². The zero-order chi connectivity index (χ0) is 13.3. The number of alkyl carbamates (subject to hydrolysis) is 1. The van der Waals surface area contributed by atoms with E-state index in [-0.39, 0.29) is 5.70 Å². The summed E-state index contributed by atoms with van der Waals surface area (Å²) >= 11 is 0. The lowest BCUT2D eigenvalue weighted by Crippen LogP contribution is -2.28. The van der Waals surface area contributed by atoms with Gasteiger partial charge < -0.3 is 9.84 Å². The van der Waals surface area contributed by atoms with Crippen molar-refractivity contribution in [3.8, 4) is 0 Å². The van der Waals surface area contributed by atoms with E-state index < -0.39 is 12.1 Å². The number of carbonyl (C=O) groups excluding carboxylic acids is 1. The second-order valence-corrected chi connectivity index (χ2v) is 4.17. The number of ether oxygens (including phenoxy) is 1. The Kier molecular flexibility index (Phi) is 7.84. The first kappa shape index (κ1) is 15.5. The molecule has 0 fully saturated rings. The van der Waals surface area contributed by atoms with Gasteiger partial charge in [0, 0.05) is 0 Å². The van der Waals surface area contributed by atoms with Crippen LogP contribution in [0.3, 0.4) is 0 Å². The fraction of sp³-hybridized carbons (Fsp3) is 0.667. The van der Waals surface area contributed by atoms with Gasteiger partial charge in [-0.1, -0.05) is 33.3 Å². The van der Waals surface area contributed by atoms with Crippen molar-refractivity contribution in [2.75, 3.05) is 6.61 Å². The number of unbranched alkanes of at least 4 members (excludes halogenated alkanes) is 1. The molecule has 0 aromatic carbocycles. The molecule has 0 radical (unpaired) electrons. The van der Waals surface area contributed by atoms with E-state index in [9.17, 15) is 9.59 Å². The minimum atomic E-state index is -1.15. The average molecular weight is 243 g/mol. The molecule has 0 atom stereocenters. The van der Waals surface area contributed by atoms with Gasteiger partial charge in [-0.2, -0.15) is 0 Å². The van der Waals surface area contributed by atoms with Crippen LogP contribution in [0.5, 0.6) is 0 Å². The first-order chi connectivity index (χ1) is 7.97. The Labute approximate surface area is 102 Å². The van der Waals surface area contributed by atoms with Crippen LogP contribution in [-0.4, -0.2) is 23.8 Å². The molecule has 5 heteroatoms. The SMILES string of the molecule is CCCCOC(=O)NC(=CCC(C)C)C(=O)O. The van der Waals surface area contributed by atoms with Crippen molar-refractivity contribution in [3.05, 3.63) is 11.8 Å². The highest BCUT2D eigenvalue weighted by molar-refractivity contribution is 5.90. The quantitative estimate of drug-likeness (QED) is 0.532. The Morgan fingerprint density at radius 3 is 2.53 bits per heavy atom. The zero-order valence-corrected chi connectivity index (χ0v) is 10.7. The second-order valence-electron chi connectivity index (χ2n) is 4.17. The van der Waals surface area contributed by atoms with Gasteiger partial charge in [-0.05, 0) is 18.8 Å². The average Bonchev–Trinajstić information content (AvgIpc) is 2.23. The molecule has 0 saturated carbocycles. The Balaban J connectivity index is 4.21. The summed E-state index contributed by atoms with van der Waals surface area (Å²) in [6.07, 6.45) is 3.06. The fourth-order valence-corrected chi connectivity index (χ4v) is 1.00. The third-order valence-corrected chi connectivity index (χ3v) is 1.99. The number of rotatable bonds is 7. The number of carbonyl (C=O) groups is 2. The molecule has 2 N–H and O–H groups in total. The number of carboxylic acids is 1. The van der Waals surface area contributed by atoms with Crippen LogP contribution in [0, 0.1) is 5.92 Å². The van der Waals surface area contributed by atoms with E-state index in [4.69, 9.17) is 9.84 Å². The fourth-order valence-electron chi connectivity index (χ4n) is 1.00. The molecule has 0 heterocycles. The number of hydrogen-bond acceptors (Lipinski definition) is 3. The van der Waals surface area contributed by atoms with Gasteiger partial charge >= 0.3 is 12.1 Å². The number of aliphatic carboxylic acids is 1. The molecule has 0 aromatic rings. The van der Waals surface area contributed by atoms with Crippen LogP contribution in [0.15, 0.2) is 11.8 Å². The van der Waals surface area contributed by atoms with Gasteiger partial charge in [0.15, 0.2) is 0 Å². The minimum Gasteiger partial charge on any atom is -0.477 e. The van der Waals surface area contributed by atoms with Gasteiger partial charge in [-0.25, -0.2) is 9.59 Å². The topological polar surface area (TPSA) is 75.6 Å². The van der Waals surface area contributed by atoms with Gasteiger partial charge in [0.1, 0.15) is 5.70 Å². The summed E-state index contributed by atoms with van der Waals surface area (Å²) in [6.45, 7) is 6.22. The molecule has 0 spiro atoms. The molecule has 98 valence electrons. The van der Waals surface area contributed by atoms with E-state index in [2.05, 4.69) is 5.32 Å². The molecule has 0 unspecified atom stereocenters. The predicted octanol–water partition coefficient (Wildman–Crippen LogP) is 2.53. The molecule has 0 aliphatic heterocycles. The maximum absolute atomic E-state index is 11.2. The first-order valence-electron chi connectivity index (χ1n) is 5.84. The molecule has 5 nitrogen and oxygen atoms in total. The zero-order valence-electron chi connectivity index (χ0n) is 10.7. The molecule has 0 aliphatic rings. The predicted molar refractivity (Wildman–Crippen MR) is 64.6 cm³/mol. The van der Waals surface area contributed by atoms with Crippen LogP contribution in [0.2, 0.25) is 0 Å². The molecule has 0 saturated heterocycles. The van der Waals surface area contributed by atoms with Gasteiger partial charge in [0.05, 0.1) is 6.61 Å². The molecule has 0 aliphatic carbocycles. The summed E-state index contributed by atoms with van der Waals surface area (Å²) in [4.78, 5) is 22.1. The van der Waals surface area contributed by atoms with Gasteiger partial charge in [0.25, 0.3) is 0 Å². The number of hydrogen-bond donors (Lipinski definition) is 2. The monoisotopic (exact) mass is 243 g/mol. The minimum absolute atomic E-state index is 0.125. The van der Waals surface area contributed by atoms with Crippen molar-refractivity contribution >= 4 is 12.1 Å². The van der Waals surface area contributed by atoms with Crippen molar-refractivity contribution in [2.24, 2.45) is 5.92 Å². The maximum atomic E-state index is 11.2. The maximum Gasteiger partial charge on any atom is 0.411 e. The molecule has 17 heavy (non-hydrogen) atoms. The number of nitrogens with one attached hydrogen (secondary N) is 1. The lowest BCUT2D eigenvalue weighted by atomic mass is 10.1. The van der Waals surface area contributed by atoms with E-state index in [1.54, 1.807) is 0 Å². The lowest BCUT2D eigenvalue weighted by Gasteiger charge is -2.07. The van der Waals surface area contributed by atoms with Crippen LogP contribution in [0.4, 0.5) is 4.79 Å². The summed E-state index contributed by atoms with van der Waals surface area (Å²) in [5, 5.41) is 11.1. The van der Waals surface area contributed by atoms with Crippen molar-refractivity contribution in [1.29, 1.82) is 0 Å². The molecule has 0 aromatic heterocycles. The number of allylic oxidation sites excluding steroid dienone is 1. The van der Waals surface area contributed by atoms with E-state index in [0.717, 1.165) is 12.8 Å². The first-order valence-corrected chi connectivity index (χ1v) is 5.84. The molecule has 0 bridgehead atoms. The smallest absolute Gasteiger partial charge is 0.411 e. The Hall–Kier alpha value is -1.52. The summed E-state index contributed by atoms with van der Waals surface area (Å²) < 4.78 is 4.82. The number of carboxylic acid groups (broad SMARTS) is 1. The third-order valence-electron chi connectivity index (χ3n) is 1.99. The normalized spacial score (nSPS) is 11.4. The van der Waals surface area contributed by atoms with Crippen molar-refractivity contribution in [1.82, 2.24) is 5.32 Å². The van der Waals surface area contributed by atoms with Gasteiger partial charge in [-0.3, -0.25) is 5.32 Å². The summed E-state index contributed by atoms with van der Waals surface area (Å²) in [5.41, 5.74) is -0.125. The Morgan fingerprint density at radius 2 is 2.06 bits per heavy atom. The second kappa shape index (κ2) is 8.61. The van der Waals surface area contributed by atoms with Crippen LogP contribution >= 0.6 is 0 Å². The van der Waals surface area contributed by atoms with Crippen molar-refractivity contribution in [2.45, 2.75) is 40.0 Å². The van der Waals surface area contributed by atoms with Crippen LogP contribution in [0.1, 0.15) is 40.0 Å². The van der Waals surface area contributed by atoms with Gasteiger partial charge in [-0.15, -0.1) is 0 Å². The Morgan fingerprint density at radius 1 is 1.41 bits per heavy atom. The summed E-state index contributed by atoms with van der Waals surface area (Å²) in [6, 6.07) is 0. The number of amides is 1. The highest BCUT2D eigenvalue weighted by Crippen LogP contribution is 2.03.